The average Bonchev–Trinajstić information content (AvgIpc) is 3.24. The molecule has 39 heavy (non-hydrogen) atoms. The molecule has 3 aromatic heterocycles. The van der Waals surface area contributed by atoms with E-state index in [1.54, 1.807) is 0 Å². The molecule has 0 saturated carbocycles. The van der Waals surface area contributed by atoms with Gasteiger partial charge in [0.1, 0.15) is 5.82 Å². The lowest BCUT2D eigenvalue weighted by Gasteiger charge is -2.33. The number of piperazine rings is 1. The lowest BCUT2D eigenvalue weighted by molar-refractivity contribution is 0.0952. The molecule has 0 bridgehead atoms. The predicted octanol–water partition coefficient (Wildman–Crippen LogP) is 4.58. The van der Waals surface area contributed by atoms with Gasteiger partial charge in [-0.3, -0.25) is 9.59 Å². The summed E-state index contributed by atoms with van der Waals surface area (Å²) in [6.07, 6.45) is 2.11. The van der Waals surface area contributed by atoms with Gasteiger partial charge in [-0.05, 0) is 83.1 Å². The highest BCUT2D eigenvalue weighted by atomic mass is 16.1. The lowest BCUT2D eigenvalue weighted by atomic mass is 10.00. The number of carbonyl (C=O) groups excluding carboxylic acids is 1. The number of aromatic amines is 1. The number of likely N-dealkylation sites (N-methyl/N-ethyl adjacent to an activating group) is 1. The summed E-state index contributed by atoms with van der Waals surface area (Å²) in [6, 6.07) is 12.3. The second-order valence-corrected chi connectivity index (χ2v) is 11.0. The minimum Gasteiger partial charge on any atom is -0.354 e. The Labute approximate surface area is 229 Å². The minimum absolute atomic E-state index is 0.160. The van der Waals surface area contributed by atoms with Crippen LogP contribution in [0.5, 0.6) is 0 Å². The molecule has 8 nitrogen and oxygen atoms in total. The first-order valence-corrected chi connectivity index (χ1v) is 13.7. The number of benzene rings is 1. The fourth-order valence-electron chi connectivity index (χ4n) is 5.50. The van der Waals surface area contributed by atoms with Crippen LogP contribution in [0.1, 0.15) is 52.6 Å². The van der Waals surface area contributed by atoms with Crippen molar-refractivity contribution in [3.05, 3.63) is 80.9 Å². The maximum atomic E-state index is 13.7. The molecule has 0 unspecified atom stereocenters. The molecule has 0 radical (unpaired) electrons. The highest BCUT2D eigenvalue weighted by Gasteiger charge is 2.21. The van der Waals surface area contributed by atoms with Crippen LogP contribution in [-0.2, 0) is 6.54 Å². The highest BCUT2D eigenvalue weighted by molar-refractivity contribution is 6.09. The third kappa shape index (κ3) is 5.34. The summed E-state index contributed by atoms with van der Waals surface area (Å²) >= 11 is 0. The van der Waals surface area contributed by atoms with Gasteiger partial charge in [-0.2, -0.15) is 0 Å². The predicted molar refractivity (Wildman–Crippen MR) is 158 cm³/mol. The Morgan fingerprint density at radius 2 is 1.79 bits per heavy atom. The van der Waals surface area contributed by atoms with E-state index >= 15 is 0 Å². The fourth-order valence-corrected chi connectivity index (χ4v) is 5.50. The number of carbonyl (C=O) groups is 1. The average molecular weight is 527 g/mol. The summed E-state index contributed by atoms with van der Waals surface area (Å²) in [7, 11) is 2.14. The highest BCUT2D eigenvalue weighted by Crippen LogP contribution is 2.33. The Bertz CT molecular complexity index is 1590. The minimum atomic E-state index is -0.207. The third-order valence-electron chi connectivity index (χ3n) is 7.70. The Balaban J connectivity index is 1.55. The van der Waals surface area contributed by atoms with E-state index < -0.39 is 0 Å². The Morgan fingerprint density at radius 1 is 1.05 bits per heavy atom. The molecule has 1 fully saturated rings. The number of anilines is 1. The van der Waals surface area contributed by atoms with Crippen LogP contribution in [0.15, 0.2) is 47.4 Å². The molecule has 0 spiro atoms. The van der Waals surface area contributed by atoms with E-state index in [-0.39, 0.29) is 24.1 Å². The van der Waals surface area contributed by atoms with E-state index in [1.165, 1.54) is 0 Å². The number of H-pyrrole nitrogens is 1. The summed E-state index contributed by atoms with van der Waals surface area (Å²) in [4.78, 5) is 38.8. The second kappa shape index (κ2) is 10.7. The molecule has 1 aliphatic heterocycles. The standard InChI is InChI=1S/C31H38N6O2/c1-19(2)37-18-21(4)29-24(30(38)32-17-25-20(3)14-22(5)33-31(25)39)15-23(16-27(29)37)26-8-7-9-28(34-26)36-12-10-35(6)11-13-36/h7-9,14-16,18-19H,10-13,17H2,1-6H3,(H,32,38)(H,33,39). The van der Waals surface area contributed by atoms with E-state index in [1.807, 2.05) is 45.0 Å². The van der Waals surface area contributed by atoms with Gasteiger partial charge in [0.25, 0.3) is 11.5 Å². The van der Waals surface area contributed by atoms with Crippen molar-refractivity contribution in [2.75, 3.05) is 38.1 Å². The zero-order chi connectivity index (χ0) is 27.8. The Morgan fingerprint density at radius 3 is 2.49 bits per heavy atom. The van der Waals surface area contributed by atoms with Crippen molar-refractivity contribution in [3.63, 3.8) is 0 Å². The van der Waals surface area contributed by atoms with Crippen molar-refractivity contribution in [1.29, 1.82) is 0 Å². The van der Waals surface area contributed by atoms with Crippen LogP contribution < -0.4 is 15.8 Å². The van der Waals surface area contributed by atoms with Crippen LogP contribution >= 0.6 is 0 Å². The summed E-state index contributed by atoms with van der Waals surface area (Å²) in [5.74, 6) is 0.747. The molecule has 1 saturated heterocycles. The monoisotopic (exact) mass is 526 g/mol. The van der Waals surface area contributed by atoms with Crippen molar-refractivity contribution in [3.8, 4) is 11.3 Å². The maximum absolute atomic E-state index is 13.7. The van der Waals surface area contributed by atoms with Crippen LogP contribution in [0.4, 0.5) is 5.82 Å². The van der Waals surface area contributed by atoms with E-state index in [0.717, 1.165) is 71.0 Å². The van der Waals surface area contributed by atoms with Gasteiger partial charge in [-0.15, -0.1) is 0 Å². The number of aromatic nitrogens is 3. The van der Waals surface area contributed by atoms with Gasteiger partial charge < -0.3 is 24.7 Å². The molecule has 1 aromatic carbocycles. The first kappa shape index (κ1) is 26.7. The summed E-state index contributed by atoms with van der Waals surface area (Å²) in [5, 5.41) is 3.94. The maximum Gasteiger partial charge on any atom is 0.253 e. The second-order valence-electron chi connectivity index (χ2n) is 11.0. The van der Waals surface area contributed by atoms with Crippen molar-refractivity contribution in [2.45, 2.75) is 47.2 Å². The van der Waals surface area contributed by atoms with Crippen molar-refractivity contribution < 1.29 is 4.79 Å². The summed E-state index contributed by atoms with van der Waals surface area (Å²) < 4.78 is 2.21. The van der Waals surface area contributed by atoms with Gasteiger partial charge in [-0.25, -0.2) is 4.98 Å². The van der Waals surface area contributed by atoms with Crippen LogP contribution in [0.2, 0.25) is 0 Å². The first-order chi connectivity index (χ1) is 18.6. The van der Waals surface area contributed by atoms with Crippen LogP contribution in [0, 0.1) is 20.8 Å². The topological polar surface area (TPSA) is 86.3 Å². The van der Waals surface area contributed by atoms with E-state index in [9.17, 15) is 9.59 Å². The molecular formula is C31H38N6O2. The van der Waals surface area contributed by atoms with E-state index in [4.69, 9.17) is 4.98 Å². The molecule has 4 aromatic rings. The fraction of sp³-hybridized carbons (Fsp3) is 0.387. The van der Waals surface area contributed by atoms with Crippen LogP contribution in [-0.4, -0.2) is 58.6 Å². The molecule has 1 amide bonds. The zero-order valence-corrected chi connectivity index (χ0v) is 23.8. The molecular weight excluding hydrogens is 488 g/mol. The number of pyridine rings is 2. The van der Waals surface area contributed by atoms with Gasteiger partial charge in [-0.1, -0.05) is 6.07 Å². The van der Waals surface area contributed by atoms with Crippen LogP contribution in [0.25, 0.3) is 22.2 Å². The zero-order valence-electron chi connectivity index (χ0n) is 23.8. The largest absolute Gasteiger partial charge is 0.354 e. The number of aryl methyl sites for hydroxylation is 3. The number of amides is 1. The number of nitrogens with zero attached hydrogens (tertiary/aromatic N) is 4. The molecule has 204 valence electrons. The van der Waals surface area contributed by atoms with Crippen LogP contribution in [0.3, 0.4) is 0 Å². The molecule has 5 rings (SSSR count). The Hall–Kier alpha value is -3.91. The number of rotatable bonds is 6. The van der Waals surface area contributed by atoms with Crippen molar-refractivity contribution >= 4 is 22.6 Å². The molecule has 0 aliphatic carbocycles. The van der Waals surface area contributed by atoms with E-state index in [0.29, 0.717) is 11.1 Å². The third-order valence-corrected chi connectivity index (χ3v) is 7.70. The number of hydrogen-bond acceptors (Lipinski definition) is 5. The number of fused-ring (bicyclic) bond motifs is 1. The molecule has 4 heterocycles. The van der Waals surface area contributed by atoms with E-state index in [2.05, 4.69) is 63.9 Å². The molecule has 0 atom stereocenters. The van der Waals surface area contributed by atoms with Gasteiger partial charge in [0, 0.05) is 78.2 Å². The van der Waals surface area contributed by atoms with Crippen molar-refractivity contribution in [1.82, 2.24) is 24.8 Å². The number of hydrogen-bond donors (Lipinski definition) is 2. The van der Waals surface area contributed by atoms with Crippen molar-refractivity contribution in [2.24, 2.45) is 0 Å². The first-order valence-electron chi connectivity index (χ1n) is 13.7. The SMILES string of the molecule is Cc1cc(C)c(CNC(=O)c2cc(-c3cccc(N4CCN(C)CC4)n3)cc3c2c(C)cn3C(C)C)c(=O)[nH]1. The Kier molecular flexibility index (Phi) is 7.32. The van der Waals surface area contributed by atoms with Gasteiger partial charge in [0.15, 0.2) is 0 Å². The summed E-state index contributed by atoms with van der Waals surface area (Å²) in [6.45, 7) is 14.1. The van der Waals surface area contributed by atoms with Gasteiger partial charge >= 0.3 is 0 Å². The summed E-state index contributed by atoms with van der Waals surface area (Å²) in [5.41, 5.74) is 6.43. The normalized spacial score (nSPS) is 14.4. The lowest BCUT2D eigenvalue weighted by Crippen LogP contribution is -2.44. The quantitative estimate of drug-likeness (QED) is 0.384. The molecule has 1 aliphatic rings. The van der Waals surface area contributed by atoms with Gasteiger partial charge in [0.2, 0.25) is 0 Å². The number of nitrogens with one attached hydrogen (secondary N) is 2. The molecule has 2 N–H and O–H groups in total. The van der Waals surface area contributed by atoms with Gasteiger partial charge in [0.05, 0.1) is 5.69 Å². The molecule has 8 heteroatoms. The smallest absolute Gasteiger partial charge is 0.253 e.